The first kappa shape index (κ1) is 13.3. The first-order valence-corrected chi connectivity index (χ1v) is 5.60. The van der Waals surface area contributed by atoms with Crippen molar-refractivity contribution in [3.05, 3.63) is 28.8 Å². The van der Waals surface area contributed by atoms with Crippen LogP contribution in [0.5, 0.6) is 0 Å². The van der Waals surface area contributed by atoms with Crippen LogP contribution < -0.4 is 5.32 Å². The molecule has 0 atom stereocenters. The van der Waals surface area contributed by atoms with Gasteiger partial charge < -0.3 is 15.5 Å². The highest BCUT2D eigenvalue weighted by Gasteiger charge is 2.22. The topological polar surface area (TPSA) is 52.5 Å². The van der Waals surface area contributed by atoms with Crippen LogP contribution in [0.25, 0.3) is 0 Å². The fraction of sp³-hybridized carbons (Fsp3) is 0.500. The Hall–Kier alpha value is -0.770. The molecule has 1 aromatic rings. The van der Waals surface area contributed by atoms with Crippen molar-refractivity contribution in [2.75, 3.05) is 25.1 Å². The Bertz CT molecular complexity index is 351. The van der Waals surface area contributed by atoms with E-state index in [0.29, 0.717) is 11.6 Å². The number of aliphatic hydroxyl groups is 2. The summed E-state index contributed by atoms with van der Waals surface area (Å²) in [6, 6.07) is 5.73. The van der Waals surface area contributed by atoms with Crippen molar-refractivity contribution in [1.82, 2.24) is 0 Å². The number of nitrogens with one attached hydrogen (secondary N) is 1. The molecule has 1 rings (SSSR count). The van der Waals surface area contributed by atoms with Gasteiger partial charge in [0.15, 0.2) is 0 Å². The summed E-state index contributed by atoms with van der Waals surface area (Å²) in [7, 11) is 0. The lowest BCUT2D eigenvalue weighted by molar-refractivity contribution is 0.0806. The third-order valence-corrected chi connectivity index (χ3v) is 2.91. The minimum Gasteiger partial charge on any atom is -0.396 e. The maximum Gasteiger partial charge on any atom is 0.0640 e. The third-order valence-electron chi connectivity index (χ3n) is 2.59. The summed E-state index contributed by atoms with van der Waals surface area (Å²) in [5, 5.41) is 22.1. The average Bonchev–Trinajstić information content (AvgIpc) is 2.27. The van der Waals surface area contributed by atoms with Crippen molar-refractivity contribution < 1.29 is 10.2 Å². The number of benzene rings is 1. The van der Waals surface area contributed by atoms with E-state index in [1.807, 2.05) is 32.0 Å². The van der Waals surface area contributed by atoms with Gasteiger partial charge >= 0.3 is 0 Å². The van der Waals surface area contributed by atoms with E-state index in [-0.39, 0.29) is 13.2 Å². The lowest BCUT2D eigenvalue weighted by Gasteiger charge is -2.25. The third kappa shape index (κ3) is 3.37. The Morgan fingerprint density at radius 2 is 1.94 bits per heavy atom. The van der Waals surface area contributed by atoms with Crippen molar-refractivity contribution >= 4 is 17.3 Å². The van der Waals surface area contributed by atoms with Gasteiger partial charge in [0.25, 0.3) is 0 Å². The molecule has 0 fully saturated rings. The Labute approximate surface area is 101 Å². The second kappa shape index (κ2) is 5.53. The average molecular weight is 244 g/mol. The summed E-state index contributed by atoms with van der Waals surface area (Å²) in [6.45, 7) is 4.12. The van der Waals surface area contributed by atoms with Gasteiger partial charge in [-0.2, -0.15) is 0 Å². The normalized spacial score (nSPS) is 11.6. The Morgan fingerprint density at radius 3 is 2.44 bits per heavy atom. The van der Waals surface area contributed by atoms with E-state index in [2.05, 4.69) is 5.32 Å². The highest BCUT2D eigenvalue weighted by atomic mass is 35.5. The zero-order chi connectivity index (χ0) is 12.2. The number of aryl methyl sites for hydroxylation is 1. The molecule has 0 amide bonds. The van der Waals surface area contributed by atoms with E-state index >= 15 is 0 Å². The van der Waals surface area contributed by atoms with E-state index in [0.717, 1.165) is 11.3 Å². The molecule has 16 heavy (non-hydrogen) atoms. The summed E-state index contributed by atoms with van der Waals surface area (Å²) in [4.78, 5) is 0. The van der Waals surface area contributed by atoms with Crippen molar-refractivity contribution in [1.29, 1.82) is 0 Å². The highest BCUT2D eigenvalue weighted by Crippen LogP contribution is 2.24. The van der Waals surface area contributed by atoms with E-state index in [9.17, 15) is 0 Å². The van der Waals surface area contributed by atoms with Crippen LogP contribution in [0.15, 0.2) is 18.2 Å². The van der Waals surface area contributed by atoms with Crippen LogP contribution >= 0.6 is 11.6 Å². The van der Waals surface area contributed by atoms with Crippen molar-refractivity contribution in [3.63, 3.8) is 0 Å². The molecular formula is C12H18ClNO2. The molecule has 0 aliphatic heterocycles. The molecule has 0 saturated carbocycles. The standard InChI is InChI=1S/C12H18ClNO2/c1-9-3-4-11(10(13)5-9)14-6-12(2,7-15)8-16/h3-5,14-16H,6-8H2,1-2H3. The molecule has 3 N–H and O–H groups in total. The lowest BCUT2D eigenvalue weighted by atomic mass is 9.93. The minimum atomic E-state index is -0.534. The molecule has 0 unspecified atom stereocenters. The van der Waals surface area contributed by atoms with Gasteiger partial charge in [-0.1, -0.05) is 24.6 Å². The van der Waals surface area contributed by atoms with E-state index in [1.54, 1.807) is 0 Å². The van der Waals surface area contributed by atoms with Gasteiger partial charge in [0, 0.05) is 12.0 Å². The van der Waals surface area contributed by atoms with Gasteiger partial charge in [-0.25, -0.2) is 0 Å². The second-order valence-corrected chi connectivity index (χ2v) is 4.87. The summed E-state index contributed by atoms with van der Waals surface area (Å²) in [6.07, 6.45) is 0. The fourth-order valence-corrected chi connectivity index (χ4v) is 1.54. The zero-order valence-electron chi connectivity index (χ0n) is 9.63. The van der Waals surface area contributed by atoms with E-state index in [4.69, 9.17) is 21.8 Å². The molecule has 1 aromatic carbocycles. The van der Waals surface area contributed by atoms with Gasteiger partial charge in [0.2, 0.25) is 0 Å². The highest BCUT2D eigenvalue weighted by molar-refractivity contribution is 6.33. The van der Waals surface area contributed by atoms with Gasteiger partial charge in [-0.3, -0.25) is 0 Å². The summed E-state index contributed by atoms with van der Waals surface area (Å²) >= 11 is 6.06. The van der Waals surface area contributed by atoms with Crippen LogP contribution in [-0.2, 0) is 0 Å². The lowest BCUT2D eigenvalue weighted by Crippen LogP contribution is -2.34. The van der Waals surface area contributed by atoms with Crippen molar-refractivity contribution in [2.45, 2.75) is 13.8 Å². The van der Waals surface area contributed by atoms with Gasteiger partial charge in [-0.15, -0.1) is 0 Å². The Kier molecular flexibility index (Phi) is 4.59. The Balaban J connectivity index is 2.67. The van der Waals surface area contributed by atoms with Gasteiger partial charge in [-0.05, 0) is 24.6 Å². The molecule has 0 aliphatic rings. The molecule has 0 aromatic heterocycles. The maximum atomic E-state index is 9.14. The first-order chi connectivity index (χ1) is 7.50. The van der Waals surface area contributed by atoms with Crippen LogP contribution in [-0.4, -0.2) is 30.0 Å². The molecule has 90 valence electrons. The van der Waals surface area contributed by atoms with E-state index < -0.39 is 5.41 Å². The molecular weight excluding hydrogens is 226 g/mol. The van der Waals surface area contributed by atoms with Crippen LogP contribution in [0, 0.1) is 12.3 Å². The molecule has 0 spiro atoms. The largest absolute Gasteiger partial charge is 0.396 e. The number of aliphatic hydroxyl groups excluding tert-OH is 2. The first-order valence-electron chi connectivity index (χ1n) is 5.22. The predicted octanol–water partition coefficient (Wildman–Crippen LogP) is 2.05. The number of halogens is 1. The van der Waals surface area contributed by atoms with Gasteiger partial charge in [0.05, 0.1) is 23.9 Å². The van der Waals surface area contributed by atoms with Crippen LogP contribution in [0.2, 0.25) is 5.02 Å². The zero-order valence-corrected chi connectivity index (χ0v) is 10.4. The number of hydrogen-bond donors (Lipinski definition) is 3. The number of hydrogen-bond acceptors (Lipinski definition) is 3. The molecule has 0 aliphatic carbocycles. The second-order valence-electron chi connectivity index (χ2n) is 4.46. The summed E-state index contributed by atoms with van der Waals surface area (Å²) in [5.74, 6) is 0. The van der Waals surface area contributed by atoms with Gasteiger partial charge in [0.1, 0.15) is 0 Å². The van der Waals surface area contributed by atoms with E-state index in [1.165, 1.54) is 0 Å². The molecule has 0 saturated heterocycles. The quantitative estimate of drug-likeness (QED) is 0.742. The summed E-state index contributed by atoms with van der Waals surface area (Å²) in [5.41, 5.74) is 1.39. The van der Waals surface area contributed by atoms with Crippen LogP contribution in [0.4, 0.5) is 5.69 Å². The van der Waals surface area contributed by atoms with Crippen LogP contribution in [0.1, 0.15) is 12.5 Å². The summed E-state index contributed by atoms with van der Waals surface area (Å²) < 4.78 is 0. The molecule has 3 nitrogen and oxygen atoms in total. The number of rotatable bonds is 5. The SMILES string of the molecule is Cc1ccc(NCC(C)(CO)CO)c(Cl)c1. The maximum absolute atomic E-state index is 9.14. The van der Waals surface area contributed by atoms with Crippen molar-refractivity contribution in [2.24, 2.45) is 5.41 Å². The minimum absolute atomic E-state index is 0.0695. The molecule has 4 heteroatoms. The number of anilines is 1. The molecule has 0 heterocycles. The Morgan fingerprint density at radius 1 is 1.31 bits per heavy atom. The molecule has 0 radical (unpaired) electrons. The van der Waals surface area contributed by atoms with Crippen LogP contribution in [0.3, 0.4) is 0 Å². The predicted molar refractivity (Wildman–Crippen MR) is 67.0 cm³/mol. The molecule has 0 bridgehead atoms. The monoisotopic (exact) mass is 243 g/mol. The smallest absolute Gasteiger partial charge is 0.0640 e. The van der Waals surface area contributed by atoms with Crippen molar-refractivity contribution in [3.8, 4) is 0 Å². The fourth-order valence-electron chi connectivity index (χ4n) is 1.23.